The number of aliphatic imine (C=N–C) groups is 1. The Morgan fingerprint density at radius 3 is 2.47 bits per heavy atom. The van der Waals surface area contributed by atoms with Crippen molar-refractivity contribution in [1.82, 2.24) is 15.5 Å². The SMILES string of the molecule is CCNC(=NCc1ccc(OC)c(OCC)c1)NC1CCN(C2CCCC2)CC1.I. The molecule has 30 heavy (non-hydrogen) atoms. The molecule has 170 valence electrons. The maximum Gasteiger partial charge on any atom is 0.191 e. The number of guanidine groups is 1. The molecule has 2 aliphatic rings. The molecular weight excluding hydrogens is 491 g/mol. The van der Waals surface area contributed by atoms with E-state index in [1.807, 2.05) is 19.1 Å². The molecule has 1 saturated heterocycles. The van der Waals surface area contributed by atoms with E-state index >= 15 is 0 Å². The van der Waals surface area contributed by atoms with Gasteiger partial charge in [-0.3, -0.25) is 0 Å². The maximum absolute atomic E-state index is 5.69. The fourth-order valence-electron chi connectivity index (χ4n) is 4.45. The van der Waals surface area contributed by atoms with E-state index in [0.717, 1.165) is 35.6 Å². The summed E-state index contributed by atoms with van der Waals surface area (Å²) >= 11 is 0. The lowest BCUT2D eigenvalue weighted by molar-refractivity contribution is 0.150. The van der Waals surface area contributed by atoms with E-state index in [0.29, 0.717) is 19.2 Å². The number of hydrogen-bond donors (Lipinski definition) is 2. The number of nitrogens with zero attached hydrogens (tertiary/aromatic N) is 2. The van der Waals surface area contributed by atoms with E-state index in [-0.39, 0.29) is 24.0 Å². The number of piperidine rings is 1. The Hall–Kier alpha value is -1.22. The number of rotatable bonds is 8. The predicted octanol–water partition coefficient (Wildman–Crippen LogP) is 4.17. The highest BCUT2D eigenvalue weighted by Gasteiger charge is 2.27. The van der Waals surface area contributed by atoms with Crippen LogP contribution in [0.1, 0.15) is 57.9 Å². The summed E-state index contributed by atoms with van der Waals surface area (Å²) in [7, 11) is 1.67. The first-order chi connectivity index (χ1) is 14.2. The predicted molar refractivity (Wildman–Crippen MR) is 134 cm³/mol. The van der Waals surface area contributed by atoms with Crippen molar-refractivity contribution >= 4 is 29.9 Å². The molecule has 7 heteroatoms. The van der Waals surface area contributed by atoms with Gasteiger partial charge in [0.2, 0.25) is 0 Å². The number of halogens is 1. The van der Waals surface area contributed by atoms with Crippen LogP contribution in [-0.2, 0) is 6.54 Å². The van der Waals surface area contributed by atoms with Gasteiger partial charge in [0.05, 0.1) is 20.3 Å². The average Bonchev–Trinajstić information content (AvgIpc) is 3.28. The lowest BCUT2D eigenvalue weighted by Crippen LogP contribution is -2.50. The molecule has 1 aliphatic carbocycles. The summed E-state index contributed by atoms with van der Waals surface area (Å²) < 4.78 is 11.1. The molecule has 2 N–H and O–H groups in total. The van der Waals surface area contributed by atoms with Crippen molar-refractivity contribution in [1.29, 1.82) is 0 Å². The summed E-state index contributed by atoms with van der Waals surface area (Å²) in [5.41, 5.74) is 1.11. The molecule has 1 heterocycles. The molecule has 1 aromatic rings. The van der Waals surface area contributed by atoms with Gasteiger partial charge < -0.3 is 25.0 Å². The third-order valence-electron chi connectivity index (χ3n) is 6.00. The molecule has 3 rings (SSSR count). The first-order valence-electron chi connectivity index (χ1n) is 11.3. The highest BCUT2D eigenvalue weighted by molar-refractivity contribution is 14.0. The third-order valence-corrected chi connectivity index (χ3v) is 6.00. The van der Waals surface area contributed by atoms with Gasteiger partial charge in [-0.15, -0.1) is 24.0 Å². The Bertz CT molecular complexity index is 657. The zero-order chi connectivity index (χ0) is 20.5. The van der Waals surface area contributed by atoms with Crippen molar-refractivity contribution < 1.29 is 9.47 Å². The minimum atomic E-state index is 0. The monoisotopic (exact) mass is 530 g/mol. The van der Waals surface area contributed by atoms with Crippen LogP contribution in [-0.4, -0.2) is 56.3 Å². The maximum atomic E-state index is 5.69. The van der Waals surface area contributed by atoms with Crippen LogP contribution < -0.4 is 20.1 Å². The van der Waals surface area contributed by atoms with Crippen LogP contribution in [0, 0.1) is 0 Å². The summed E-state index contributed by atoms with van der Waals surface area (Å²) in [4.78, 5) is 7.53. The minimum absolute atomic E-state index is 0. The van der Waals surface area contributed by atoms with Gasteiger partial charge in [0.15, 0.2) is 17.5 Å². The lowest BCUT2D eigenvalue weighted by Gasteiger charge is -2.36. The Morgan fingerprint density at radius 2 is 1.83 bits per heavy atom. The third kappa shape index (κ3) is 7.18. The van der Waals surface area contributed by atoms with Crippen LogP contribution in [0.2, 0.25) is 0 Å². The number of nitrogens with one attached hydrogen (secondary N) is 2. The van der Waals surface area contributed by atoms with Gasteiger partial charge in [0.25, 0.3) is 0 Å². The second-order valence-electron chi connectivity index (χ2n) is 8.01. The quantitative estimate of drug-likeness (QED) is 0.300. The van der Waals surface area contributed by atoms with Crippen molar-refractivity contribution in [3.05, 3.63) is 23.8 Å². The van der Waals surface area contributed by atoms with Gasteiger partial charge in [0, 0.05) is 31.7 Å². The summed E-state index contributed by atoms with van der Waals surface area (Å²) in [5.74, 6) is 2.44. The standard InChI is InChI=1S/C23H38N4O2.HI/c1-4-24-23(25-17-18-10-11-21(28-3)22(16-18)29-5-2)26-19-12-14-27(15-13-19)20-8-6-7-9-20;/h10-11,16,19-20H,4-9,12-15,17H2,1-3H3,(H2,24,25,26);1H. The van der Waals surface area contributed by atoms with Crippen molar-refractivity contribution in [2.45, 2.75) is 71.0 Å². The number of likely N-dealkylation sites (tertiary alicyclic amines) is 1. The molecule has 6 nitrogen and oxygen atoms in total. The van der Waals surface area contributed by atoms with E-state index in [1.165, 1.54) is 51.6 Å². The molecule has 0 aromatic heterocycles. The lowest BCUT2D eigenvalue weighted by atomic mass is 10.0. The summed E-state index contributed by atoms with van der Waals surface area (Å²) in [6.07, 6.45) is 8.00. The first kappa shape index (κ1) is 25.0. The van der Waals surface area contributed by atoms with E-state index in [9.17, 15) is 0 Å². The highest BCUT2D eigenvalue weighted by atomic mass is 127. The Balaban J connectivity index is 0.00000320. The van der Waals surface area contributed by atoms with Gasteiger partial charge >= 0.3 is 0 Å². The van der Waals surface area contributed by atoms with Crippen LogP contribution in [0.15, 0.2) is 23.2 Å². The fraction of sp³-hybridized carbons (Fsp3) is 0.696. The van der Waals surface area contributed by atoms with E-state index in [4.69, 9.17) is 14.5 Å². The molecule has 0 unspecified atom stereocenters. The van der Waals surface area contributed by atoms with E-state index < -0.39 is 0 Å². The molecule has 0 radical (unpaired) electrons. The second-order valence-corrected chi connectivity index (χ2v) is 8.01. The molecule has 0 atom stereocenters. The first-order valence-corrected chi connectivity index (χ1v) is 11.3. The Kier molecular flexibility index (Phi) is 11.1. The van der Waals surface area contributed by atoms with Crippen LogP contribution in [0.5, 0.6) is 11.5 Å². The number of ether oxygens (including phenoxy) is 2. The molecule has 2 fully saturated rings. The van der Waals surface area contributed by atoms with Crippen LogP contribution in [0.25, 0.3) is 0 Å². The van der Waals surface area contributed by atoms with Crippen molar-refractivity contribution in [3.63, 3.8) is 0 Å². The van der Waals surface area contributed by atoms with Crippen molar-refractivity contribution in [2.75, 3.05) is 33.4 Å². The van der Waals surface area contributed by atoms with Crippen LogP contribution >= 0.6 is 24.0 Å². The van der Waals surface area contributed by atoms with Crippen molar-refractivity contribution in [2.24, 2.45) is 4.99 Å². The number of methoxy groups -OCH3 is 1. The molecule has 0 spiro atoms. The van der Waals surface area contributed by atoms with Crippen molar-refractivity contribution in [3.8, 4) is 11.5 Å². The van der Waals surface area contributed by atoms with Gasteiger partial charge in [-0.25, -0.2) is 4.99 Å². The van der Waals surface area contributed by atoms with Gasteiger partial charge in [-0.05, 0) is 57.2 Å². The molecule has 1 aliphatic heterocycles. The van der Waals surface area contributed by atoms with E-state index in [1.54, 1.807) is 7.11 Å². The number of hydrogen-bond acceptors (Lipinski definition) is 4. The van der Waals surface area contributed by atoms with Crippen LogP contribution in [0.3, 0.4) is 0 Å². The average molecular weight is 530 g/mol. The highest BCUT2D eigenvalue weighted by Crippen LogP contribution is 2.28. The Morgan fingerprint density at radius 1 is 1.10 bits per heavy atom. The Labute approximate surface area is 199 Å². The zero-order valence-corrected chi connectivity index (χ0v) is 21.1. The molecule has 1 saturated carbocycles. The van der Waals surface area contributed by atoms with Gasteiger partial charge in [0.1, 0.15) is 0 Å². The smallest absolute Gasteiger partial charge is 0.191 e. The second kappa shape index (κ2) is 13.2. The normalized spacial score (nSPS) is 18.7. The molecule has 0 bridgehead atoms. The van der Waals surface area contributed by atoms with Gasteiger partial charge in [-0.1, -0.05) is 18.9 Å². The summed E-state index contributed by atoms with van der Waals surface area (Å²) in [6.45, 7) is 8.60. The van der Waals surface area contributed by atoms with Crippen LogP contribution in [0.4, 0.5) is 0 Å². The van der Waals surface area contributed by atoms with Gasteiger partial charge in [-0.2, -0.15) is 0 Å². The summed E-state index contributed by atoms with van der Waals surface area (Å²) in [6, 6.07) is 7.37. The fourth-order valence-corrected chi connectivity index (χ4v) is 4.45. The largest absolute Gasteiger partial charge is 0.493 e. The zero-order valence-electron chi connectivity index (χ0n) is 18.8. The number of benzene rings is 1. The molecular formula is C23H39IN4O2. The van der Waals surface area contributed by atoms with E-state index in [2.05, 4.69) is 28.5 Å². The summed E-state index contributed by atoms with van der Waals surface area (Å²) in [5, 5.41) is 7.06. The topological polar surface area (TPSA) is 58.1 Å². The minimum Gasteiger partial charge on any atom is -0.493 e. The molecule has 0 amide bonds. The molecule has 1 aromatic carbocycles.